The van der Waals surface area contributed by atoms with Crippen LogP contribution in [-0.4, -0.2) is 17.3 Å². The molecule has 0 aromatic heterocycles. The van der Waals surface area contributed by atoms with E-state index in [2.05, 4.69) is 15.9 Å². The Labute approximate surface area is 105 Å². The number of benzene rings is 1. The second-order valence-corrected chi connectivity index (χ2v) is 5.34. The highest BCUT2D eigenvalue weighted by Gasteiger charge is 2.20. The molecule has 0 heterocycles. The van der Waals surface area contributed by atoms with Gasteiger partial charge in [0.25, 0.3) is 0 Å². The fourth-order valence-corrected chi connectivity index (χ4v) is 2.30. The fraction of sp³-hybridized carbons (Fsp3) is 0.538. The Morgan fingerprint density at radius 3 is 2.75 bits per heavy atom. The first-order valence-corrected chi connectivity index (χ1v) is 6.57. The number of rotatable bonds is 4. The van der Waals surface area contributed by atoms with Gasteiger partial charge in [-0.25, -0.2) is 0 Å². The summed E-state index contributed by atoms with van der Waals surface area (Å²) >= 11 is 3.51. The van der Waals surface area contributed by atoms with E-state index in [9.17, 15) is 5.11 Å². The SMILES string of the molecule is CC(O)Cc1ccc(OC2CCC2)c(Br)c1. The average molecular weight is 285 g/mol. The van der Waals surface area contributed by atoms with Crippen molar-refractivity contribution >= 4 is 15.9 Å². The van der Waals surface area contributed by atoms with E-state index in [1.54, 1.807) is 6.92 Å². The molecule has 1 saturated carbocycles. The molecule has 1 N–H and O–H groups in total. The van der Waals surface area contributed by atoms with Crippen LogP contribution in [0.3, 0.4) is 0 Å². The molecule has 0 radical (unpaired) electrons. The molecule has 0 saturated heterocycles. The zero-order chi connectivity index (χ0) is 11.5. The van der Waals surface area contributed by atoms with Gasteiger partial charge in [0.15, 0.2) is 0 Å². The predicted molar refractivity (Wildman–Crippen MR) is 67.8 cm³/mol. The van der Waals surface area contributed by atoms with Gasteiger partial charge in [-0.3, -0.25) is 0 Å². The number of hydrogen-bond donors (Lipinski definition) is 1. The van der Waals surface area contributed by atoms with Gasteiger partial charge in [0.2, 0.25) is 0 Å². The van der Waals surface area contributed by atoms with Gasteiger partial charge in [-0.2, -0.15) is 0 Å². The van der Waals surface area contributed by atoms with E-state index in [0.29, 0.717) is 12.5 Å². The van der Waals surface area contributed by atoms with Gasteiger partial charge in [-0.1, -0.05) is 6.07 Å². The third-order valence-electron chi connectivity index (χ3n) is 2.87. The van der Waals surface area contributed by atoms with Crippen LogP contribution in [0.5, 0.6) is 5.75 Å². The van der Waals surface area contributed by atoms with Crippen LogP contribution >= 0.6 is 15.9 Å². The molecule has 0 amide bonds. The van der Waals surface area contributed by atoms with Gasteiger partial charge in [0, 0.05) is 0 Å². The van der Waals surface area contributed by atoms with Crippen LogP contribution in [0, 0.1) is 0 Å². The van der Waals surface area contributed by atoms with Gasteiger partial charge < -0.3 is 9.84 Å². The molecule has 1 aromatic carbocycles. The summed E-state index contributed by atoms with van der Waals surface area (Å²) in [7, 11) is 0. The molecule has 3 heteroatoms. The second-order valence-electron chi connectivity index (χ2n) is 4.49. The molecular weight excluding hydrogens is 268 g/mol. The minimum atomic E-state index is -0.301. The number of ether oxygens (including phenoxy) is 1. The summed E-state index contributed by atoms with van der Waals surface area (Å²) in [5.74, 6) is 0.916. The highest BCUT2D eigenvalue weighted by Crippen LogP contribution is 2.31. The van der Waals surface area contributed by atoms with Gasteiger partial charge in [-0.15, -0.1) is 0 Å². The Morgan fingerprint density at radius 2 is 2.25 bits per heavy atom. The molecule has 1 aliphatic rings. The lowest BCUT2D eigenvalue weighted by Crippen LogP contribution is -2.24. The summed E-state index contributed by atoms with van der Waals surface area (Å²) in [6.07, 6.45) is 4.40. The standard InChI is InChI=1S/C13H17BrO2/c1-9(15)7-10-5-6-13(12(14)8-10)16-11-3-2-4-11/h5-6,8-9,11,15H,2-4,7H2,1H3. The van der Waals surface area contributed by atoms with E-state index < -0.39 is 0 Å². The highest BCUT2D eigenvalue weighted by molar-refractivity contribution is 9.10. The zero-order valence-corrected chi connectivity index (χ0v) is 11.0. The van der Waals surface area contributed by atoms with Crippen LogP contribution in [0.1, 0.15) is 31.7 Å². The molecule has 1 aromatic rings. The van der Waals surface area contributed by atoms with Gasteiger partial charge >= 0.3 is 0 Å². The van der Waals surface area contributed by atoms with Crippen molar-refractivity contribution in [2.75, 3.05) is 0 Å². The minimum absolute atomic E-state index is 0.301. The van der Waals surface area contributed by atoms with E-state index in [1.165, 1.54) is 19.3 Å². The zero-order valence-electron chi connectivity index (χ0n) is 9.45. The van der Waals surface area contributed by atoms with Crippen LogP contribution < -0.4 is 4.74 Å². The lowest BCUT2D eigenvalue weighted by Gasteiger charge is -2.27. The number of aliphatic hydroxyl groups is 1. The van der Waals surface area contributed by atoms with Crippen molar-refractivity contribution in [1.29, 1.82) is 0 Å². The maximum atomic E-state index is 9.31. The second kappa shape index (κ2) is 5.19. The Morgan fingerprint density at radius 1 is 1.50 bits per heavy atom. The highest BCUT2D eigenvalue weighted by atomic mass is 79.9. The first kappa shape index (κ1) is 11.9. The lowest BCUT2D eigenvalue weighted by atomic mass is 9.96. The van der Waals surface area contributed by atoms with E-state index in [1.807, 2.05) is 18.2 Å². The third kappa shape index (κ3) is 2.98. The van der Waals surface area contributed by atoms with Crippen molar-refractivity contribution in [3.63, 3.8) is 0 Å². The Balaban J connectivity index is 2.03. The van der Waals surface area contributed by atoms with Crippen LogP contribution in [0.15, 0.2) is 22.7 Å². The first-order chi connectivity index (χ1) is 7.65. The smallest absolute Gasteiger partial charge is 0.133 e. The van der Waals surface area contributed by atoms with Crippen molar-refractivity contribution in [2.45, 2.75) is 44.8 Å². The summed E-state index contributed by atoms with van der Waals surface area (Å²) in [6.45, 7) is 1.80. The van der Waals surface area contributed by atoms with Crippen molar-refractivity contribution in [2.24, 2.45) is 0 Å². The molecule has 1 unspecified atom stereocenters. The lowest BCUT2D eigenvalue weighted by molar-refractivity contribution is 0.119. The first-order valence-electron chi connectivity index (χ1n) is 5.78. The summed E-state index contributed by atoms with van der Waals surface area (Å²) in [5.41, 5.74) is 1.13. The molecule has 0 bridgehead atoms. The van der Waals surface area contributed by atoms with Crippen molar-refractivity contribution < 1.29 is 9.84 Å². The summed E-state index contributed by atoms with van der Waals surface area (Å²) in [4.78, 5) is 0. The summed E-state index contributed by atoms with van der Waals surface area (Å²) < 4.78 is 6.82. The number of halogens is 1. The third-order valence-corrected chi connectivity index (χ3v) is 3.49. The van der Waals surface area contributed by atoms with Crippen LogP contribution in [0.25, 0.3) is 0 Å². The molecule has 1 atom stereocenters. The molecule has 2 nitrogen and oxygen atoms in total. The van der Waals surface area contributed by atoms with Gasteiger partial charge in [0.05, 0.1) is 16.7 Å². The monoisotopic (exact) mass is 284 g/mol. The topological polar surface area (TPSA) is 29.5 Å². The molecule has 0 spiro atoms. The Kier molecular flexibility index (Phi) is 3.87. The van der Waals surface area contributed by atoms with Crippen molar-refractivity contribution in [1.82, 2.24) is 0 Å². The van der Waals surface area contributed by atoms with Gasteiger partial charge in [0.1, 0.15) is 5.75 Å². The molecule has 2 rings (SSSR count). The molecular formula is C13H17BrO2. The van der Waals surface area contributed by atoms with Crippen molar-refractivity contribution in [3.05, 3.63) is 28.2 Å². The summed E-state index contributed by atoms with van der Waals surface area (Å²) in [5, 5.41) is 9.31. The fourth-order valence-electron chi connectivity index (χ4n) is 1.78. The Bertz CT molecular complexity index is 359. The molecule has 1 aliphatic carbocycles. The average Bonchev–Trinajstić information content (AvgIpc) is 2.12. The number of aliphatic hydroxyl groups excluding tert-OH is 1. The summed E-state index contributed by atoms with van der Waals surface area (Å²) in [6, 6.07) is 6.03. The molecule has 16 heavy (non-hydrogen) atoms. The Hall–Kier alpha value is -0.540. The molecule has 1 fully saturated rings. The minimum Gasteiger partial charge on any atom is -0.489 e. The van der Waals surface area contributed by atoms with Crippen molar-refractivity contribution in [3.8, 4) is 5.75 Å². The van der Waals surface area contributed by atoms with E-state index >= 15 is 0 Å². The maximum Gasteiger partial charge on any atom is 0.133 e. The predicted octanol–water partition coefficient (Wildman–Crippen LogP) is 3.30. The molecule has 88 valence electrons. The van der Waals surface area contributed by atoms with Crippen LogP contribution in [0.2, 0.25) is 0 Å². The van der Waals surface area contributed by atoms with Crippen LogP contribution in [-0.2, 0) is 6.42 Å². The maximum absolute atomic E-state index is 9.31. The largest absolute Gasteiger partial charge is 0.489 e. The van der Waals surface area contributed by atoms with E-state index in [0.717, 1.165) is 15.8 Å². The van der Waals surface area contributed by atoms with E-state index in [4.69, 9.17) is 4.74 Å². The quantitative estimate of drug-likeness (QED) is 0.919. The van der Waals surface area contributed by atoms with Crippen LogP contribution in [0.4, 0.5) is 0 Å². The normalized spacial score (nSPS) is 17.9. The number of hydrogen-bond acceptors (Lipinski definition) is 2. The molecule has 0 aliphatic heterocycles. The van der Waals surface area contributed by atoms with E-state index in [-0.39, 0.29) is 6.10 Å². The van der Waals surface area contributed by atoms with Gasteiger partial charge in [-0.05, 0) is 66.2 Å².